The van der Waals surface area contributed by atoms with Gasteiger partial charge in [0.1, 0.15) is 12.4 Å². The normalized spacial score (nSPS) is 15.1. The van der Waals surface area contributed by atoms with Crippen molar-refractivity contribution in [2.45, 2.75) is 13.0 Å². The van der Waals surface area contributed by atoms with Gasteiger partial charge in [0.2, 0.25) is 0 Å². The van der Waals surface area contributed by atoms with Crippen LogP contribution in [-0.4, -0.2) is 53.7 Å². The zero-order valence-corrected chi connectivity index (χ0v) is 14.3. The molecular weight excluding hydrogens is 316 g/mol. The Bertz CT molecular complexity index is 665. The second kappa shape index (κ2) is 8.53. The van der Waals surface area contributed by atoms with E-state index in [2.05, 4.69) is 4.90 Å². The second-order valence-corrected chi connectivity index (χ2v) is 6.29. The molecule has 0 aliphatic carbocycles. The van der Waals surface area contributed by atoms with Crippen LogP contribution in [0.15, 0.2) is 54.6 Å². The first kappa shape index (κ1) is 17.3. The van der Waals surface area contributed by atoms with Gasteiger partial charge in [0, 0.05) is 32.7 Å². The summed E-state index contributed by atoms with van der Waals surface area (Å²) < 4.78 is 5.39. The molecule has 0 bridgehead atoms. The maximum Gasteiger partial charge on any atom is 0.410 e. The number of amides is 1. The van der Waals surface area contributed by atoms with Crippen molar-refractivity contribution in [1.82, 2.24) is 9.80 Å². The van der Waals surface area contributed by atoms with E-state index >= 15 is 0 Å². The molecule has 1 fully saturated rings. The number of benzene rings is 2. The molecule has 5 nitrogen and oxygen atoms in total. The van der Waals surface area contributed by atoms with Crippen molar-refractivity contribution in [3.63, 3.8) is 0 Å². The van der Waals surface area contributed by atoms with E-state index in [-0.39, 0.29) is 6.09 Å². The van der Waals surface area contributed by atoms with Gasteiger partial charge in [-0.1, -0.05) is 42.5 Å². The van der Waals surface area contributed by atoms with Gasteiger partial charge >= 0.3 is 6.09 Å². The number of ether oxygens (including phenoxy) is 1. The molecule has 0 spiro atoms. The first-order valence-corrected chi connectivity index (χ1v) is 8.66. The molecule has 0 aromatic heterocycles. The summed E-state index contributed by atoms with van der Waals surface area (Å²) in [5, 5.41) is 9.31. The Hall–Kier alpha value is -2.53. The molecule has 0 saturated carbocycles. The zero-order chi connectivity index (χ0) is 17.5. The van der Waals surface area contributed by atoms with E-state index in [0.29, 0.717) is 25.4 Å². The minimum atomic E-state index is -0.234. The molecule has 132 valence electrons. The summed E-state index contributed by atoms with van der Waals surface area (Å²) in [4.78, 5) is 16.3. The average Bonchev–Trinajstić information content (AvgIpc) is 2.67. The van der Waals surface area contributed by atoms with Crippen molar-refractivity contribution in [2.75, 3.05) is 32.7 Å². The highest BCUT2D eigenvalue weighted by Crippen LogP contribution is 2.12. The van der Waals surface area contributed by atoms with Crippen molar-refractivity contribution in [3.8, 4) is 5.75 Å². The third-order valence-electron chi connectivity index (χ3n) is 4.49. The number of carbonyl (C=O) groups excluding carboxylic acids is 1. The predicted octanol–water partition coefficient (Wildman–Crippen LogP) is 2.89. The highest BCUT2D eigenvalue weighted by atomic mass is 16.6. The molecule has 25 heavy (non-hydrogen) atoms. The van der Waals surface area contributed by atoms with Crippen LogP contribution >= 0.6 is 0 Å². The van der Waals surface area contributed by atoms with E-state index < -0.39 is 0 Å². The minimum absolute atomic E-state index is 0.234. The highest BCUT2D eigenvalue weighted by molar-refractivity contribution is 5.67. The maximum absolute atomic E-state index is 12.2. The summed E-state index contributed by atoms with van der Waals surface area (Å²) in [6, 6.07) is 17.1. The summed E-state index contributed by atoms with van der Waals surface area (Å²) in [6.07, 6.45) is 0.709. The largest absolute Gasteiger partial charge is 0.508 e. The van der Waals surface area contributed by atoms with Crippen LogP contribution in [0.3, 0.4) is 0 Å². The zero-order valence-electron chi connectivity index (χ0n) is 14.3. The Balaban J connectivity index is 1.37. The lowest BCUT2D eigenvalue weighted by atomic mass is 10.1. The fraction of sp³-hybridized carbons (Fsp3) is 0.350. The van der Waals surface area contributed by atoms with Crippen LogP contribution in [0.2, 0.25) is 0 Å². The Labute approximate surface area is 148 Å². The topological polar surface area (TPSA) is 53.0 Å². The maximum atomic E-state index is 12.2. The third kappa shape index (κ3) is 5.22. The van der Waals surface area contributed by atoms with Gasteiger partial charge in [0.15, 0.2) is 0 Å². The van der Waals surface area contributed by atoms with Gasteiger partial charge in [-0.3, -0.25) is 4.90 Å². The first-order valence-electron chi connectivity index (χ1n) is 8.66. The summed E-state index contributed by atoms with van der Waals surface area (Å²) in [7, 11) is 0. The van der Waals surface area contributed by atoms with Crippen LogP contribution in [0, 0.1) is 0 Å². The van der Waals surface area contributed by atoms with Crippen LogP contribution in [0.25, 0.3) is 0 Å². The molecule has 0 radical (unpaired) electrons. The molecule has 1 aliphatic rings. The molecule has 1 aliphatic heterocycles. The van der Waals surface area contributed by atoms with Crippen LogP contribution < -0.4 is 0 Å². The van der Waals surface area contributed by atoms with E-state index in [1.807, 2.05) is 42.5 Å². The number of phenolic OH excluding ortho intramolecular Hbond substituents is 1. The first-order chi connectivity index (χ1) is 12.2. The number of carbonyl (C=O) groups is 1. The van der Waals surface area contributed by atoms with E-state index in [1.165, 1.54) is 5.56 Å². The van der Waals surface area contributed by atoms with E-state index in [0.717, 1.165) is 31.6 Å². The number of nitrogens with zero attached hydrogens (tertiary/aromatic N) is 2. The average molecular weight is 340 g/mol. The van der Waals surface area contributed by atoms with Crippen molar-refractivity contribution in [3.05, 3.63) is 65.7 Å². The molecule has 2 aromatic rings. The number of hydrogen-bond acceptors (Lipinski definition) is 4. The molecule has 1 N–H and O–H groups in total. The minimum Gasteiger partial charge on any atom is -0.508 e. The summed E-state index contributed by atoms with van der Waals surface area (Å²) >= 11 is 0. The highest BCUT2D eigenvalue weighted by Gasteiger charge is 2.21. The van der Waals surface area contributed by atoms with Gasteiger partial charge in [0.05, 0.1) is 0 Å². The van der Waals surface area contributed by atoms with Gasteiger partial charge in [0.25, 0.3) is 0 Å². The Morgan fingerprint density at radius 2 is 1.60 bits per heavy atom. The van der Waals surface area contributed by atoms with E-state index in [9.17, 15) is 9.90 Å². The molecule has 1 heterocycles. The molecule has 1 amide bonds. The van der Waals surface area contributed by atoms with E-state index in [4.69, 9.17) is 4.74 Å². The number of piperazine rings is 1. The fourth-order valence-corrected chi connectivity index (χ4v) is 2.91. The van der Waals surface area contributed by atoms with Crippen LogP contribution in [-0.2, 0) is 17.8 Å². The van der Waals surface area contributed by atoms with Gasteiger partial charge in [-0.25, -0.2) is 4.79 Å². The number of aromatic hydroxyl groups is 1. The number of rotatable bonds is 5. The molecule has 0 atom stereocenters. The molecule has 1 saturated heterocycles. The lowest BCUT2D eigenvalue weighted by molar-refractivity contribution is 0.0719. The third-order valence-corrected chi connectivity index (χ3v) is 4.49. The monoisotopic (exact) mass is 340 g/mol. The summed E-state index contributed by atoms with van der Waals surface area (Å²) in [5.74, 6) is 0.298. The summed E-state index contributed by atoms with van der Waals surface area (Å²) in [6.45, 7) is 4.39. The Kier molecular flexibility index (Phi) is 5.90. The standard InChI is InChI=1S/C20H24N2O3/c23-19-8-6-17(7-9-19)10-11-21-12-14-22(15-13-21)20(24)25-16-18-4-2-1-3-5-18/h1-9,23H,10-16H2. The van der Waals surface area contributed by atoms with Crippen LogP contribution in [0.4, 0.5) is 4.79 Å². The van der Waals surface area contributed by atoms with Gasteiger partial charge in [-0.2, -0.15) is 0 Å². The number of phenols is 1. The van der Waals surface area contributed by atoms with E-state index in [1.54, 1.807) is 17.0 Å². The molecule has 0 unspecified atom stereocenters. The quantitative estimate of drug-likeness (QED) is 0.909. The van der Waals surface area contributed by atoms with Gasteiger partial charge in [-0.15, -0.1) is 0 Å². The second-order valence-electron chi connectivity index (χ2n) is 6.29. The smallest absolute Gasteiger partial charge is 0.410 e. The van der Waals surface area contributed by atoms with Crippen molar-refractivity contribution in [2.24, 2.45) is 0 Å². The lowest BCUT2D eigenvalue weighted by Gasteiger charge is -2.34. The van der Waals surface area contributed by atoms with Crippen molar-refractivity contribution in [1.29, 1.82) is 0 Å². The SMILES string of the molecule is O=C(OCc1ccccc1)N1CCN(CCc2ccc(O)cc2)CC1. The molecule has 2 aromatic carbocycles. The predicted molar refractivity (Wildman–Crippen MR) is 96.5 cm³/mol. The van der Waals surface area contributed by atoms with Gasteiger partial charge in [-0.05, 0) is 29.7 Å². The van der Waals surface area contributed by atoms with Crippen molar-refractivity contribution < 1.29 is 14.6 Å². The lowest BCUT2D eigenvalue weighted by Crippen LogP contribution is -2.49. The molecule has 5 heteroatoms. The van der Waals surface area contributed by atoms with Crippen LogP contribution in [0.1, 0.15) is 11.1 Å². The summed E-state index contributed by atoms with van der Waals surface area (Å²) in [5.41, 5.74) is 2.21. The van der Waals surface area contributed by atoms with Gasteiger partial charge < -0.3 is 14.7 Å². The van der Waals surface area contributed by atoms with Crippen LogP contribution in [0.5, 0.6) is 5.75 Å². The Morgan fingerprint density at radius 3 is 2.28 bits per heavy atom. The Morgan fingerprint density at radius 1 is 0.920 bits per heavy atom. The molecule has 3 rings (SSSR count). The molecular formula is C20H24N2O3. The van der Waals surface area contributed by atoms with Crippen molar-refractivity contribution >= 4 is 6.09 Å². The number of hydrogen-bond donors (Lipinski definition) is 1. The fourth-order valence-electron chi connectivity index (χ4n) is 2.91.